The summed E-state index contributed by atoms with van der Waals surface area (Å²) in [6.45, 7) is 4.04. The van der Waals surface area contributed by atoms with Crippen LogP contribution >= 0.6 is 0 Å². The van der Waals surface area contributed by atoms with Crippen LogP contribution in [0.4, 0.5) is 0 Å². The molecule has 2 fully saturated rings. The molecule has 70 valence electrons. The zero-order valence-corrected chi connectivity index (χ0v) is 7.61. The van der Waals surface area contributed by atoms with Crippen LogP contribution in [0.1, 0.15) is 19.8 Å². The Balaban J connectivity index is 2.05. The van der Waals surface area contributed by atoms with Crippen molar-refractivity contribution in [2.24, 2.45) is 11.7 Å². The van der Waals surface area contributed by atoms with Crippen molar-refractivity contribution in [3.63, 3.8) is 0 Å². The van der Waals surface area contributed by atoms with Crippen molar-refractivity contribution in [1.82, 2.24) is 4.90 Å². The van der Waals surface area contributed by atoms with Gasteiger partial charge in [0.25, 0.3) is 0 Å². The van der Waals surface area contributed by atoms with Gasteiger partial charge in [-0.25, -0.2) is 0 Å². The summed E-state index contributed by atoms with van der Waals surface area (Å²) in [5, 5.41) is 9.47. The van der Waals surface area contributed by atoms with Crippen LogP contribution < -0.4 is 5.73 Å². The van der Waals surface area contributed by atoms with Gasteiger partial charge in [-0.15, -0.1) is 0 Å². The van der Waals surface area contributed by atoms with Crippen molar-refractivity contribution in [3.05, 3.63) is 0 Å². The van der Waals surface area contributed by atoms with Gasteiger partial charge >= 0.3 is 0 Å². The van der Waals surface area contributed by atoms with E-state index in [0.717, 1.165) is 6.54 Å². The van der Waals surface area contributed by atoms with E-state index in [1.165, 1.54) is 19.4 Å². The molecule has 2 heterocycles. The van der Waals surface area contributed by atoms with E-state index in [9.17, 15) is 5.11 Å². The van der Waals surface area contributed by atoms with Crippen LogP contribution in [0.15, 0.2) is 0 Å². The van der Waals surface area contributed by atoms with E-state index in [1.54, 1.807) is 0 Å². The predicted octanol–water partition coefficient (Wildman–Crippen LogP) is -0.211. The van der Waals surface area contributed by atoms with E-state index < -0.39 is 0 Å². The quantitative estimate of drug-likeness (QED) is 0.572. The monoisotopic (exact) mass is 170 g/mol. The molecule has 12 heavy (non-hydrogen) atoms. The van der Waals surface area contributed by atoms with Crippen molar-refractivity contribution in [1.29, 1.82) is 0 Å². The van der Waals surface area contributed by atoms with Gasteiger partial charge in [-0.2, -0.15) is 0 Å². The van der Waals surface area contributed by atoms with Crippen molar-refractivity contribution in [3.8, 4) is 0 Å². The summed E-state index contributed by atoms with van der Waals surface area (Å²) in [4.78, 5) is 2.43. The first-order valence-electron chi connectivity index (χ1n) is 4.88. The number of aliphatic hydroxyl groups is 1. The largest absolute Gasteiger partial charge is 0.393 e. The van der Waals surface area contributed by atoms with Gasteiger partial charge < -0.3 is 10.8 Å². The molecule has 0 aromatic heterocycles. The van der Waals surface area contributed by atoms with Gasteiger partial charge in [0.05, 0.1) is 6.10 Å². The molecule has 0 saturated carbocycles. The maximum atomic E-state index is 9.47. The van der Waals surface area contributed by atoms with Gasteiger partial charge in [0.15, 0.2) is 0 Å². The summed E-state index contributed by atoms with van der Waals surface area (Å²) in [5.41, 5.74) is 6.06. The minimum absolute atomic E-state index is 0.201. The van der Waals surface area contributed by atoms with E-state index in [0.29, 0.717) is 12.0 Å². The highest BCUT2D eigenvalue weighted by Crippen LogP contribution is 2.31. The first-order chi connectivity index (χ1) is 5.70. The number of nitrogens with zero attached hydrogens (tertiary/aromatic N) is 1. The number of hydrogen-bond acceptors (Lipinski definition) is 3. The number of rotatable bonds is 1. The van der Waals surface area contributed by atoms with Crippen molar-refractivity contribution in [2.75, 3.05) is 13.1 Å². The fourth-order valence-electron chi connectivity index (χ4n) is 2.67. The van der Waals surface area contributed by atoms with Gasteiger partial charge in [-0.3, -0.25) is 4.90 Å². The lowest BCUT2D eigenvalue weighted by atomic mass is 9.93. The second-order valence-electron chi connectivity index (χ2n) is 4.19. The van der Waals surface area contributed by atoms with Crippen LogP contribution in [0.25, 0.3) is 0 Å². The molecule has 0 bridgehead atoms. The summed E-state index contributed by atoms with van der Waals surface area (Å²) in [6.07, 6.45) is 2.26. The molecule has 3 heteroatoms. The fourth-order valence-corrected chi connectivity index (χ4v) is 2.67. The fraction of sp³-hybridized carbons (Fsp3) is 1.00. The number of hydrogen-bond donors (Lipinski definition) is 2. The van der Waals surface area contributed by atoms with Gasteiger partial charge in [0.1, 0.15) is 0 Å². The summed E-state index contributed by atoms with van der Waals surface area (Å²) >= 11 is 0. The van der Waals surface area contributed by atoms with Crippen LogP contribution in [0.5, 0.6) is 0 Å². The van der Waals surface area contributed by atoms with Crippen LogP contribution in [0.2, 0.25) is 0 Å². The molecule has 0 aliphatic carbocycles. The van der Waals surface area contributed by atoms with Crippen LogP contribution in [0, 0.1) is 5.92 Å². The summed E-state index contributed by atoms with van der Waals surface area (Å²) < 4.78 is 0. The Bertz CT molecular complexity index is 172. The van der Waals surface area contributed by atoms with E-state index in [1.807, 2.05) is 6.92 Å². The Morgan fingerprint density at radius 3 is 2.92 bits per heavy atom. The molecule has 0 aromatic rings. The van der Waals surface area contributed by atoms with Crippen LogP contribution in [-0.4, -0.2) is 41.3 Å². The average Bonchev–Trinajstić information content (AvgIpc) is 2.53. The third kappa shape index (κ3) is 1.16. The molecule has 4 atom stereocenters. The lowest BCUT2D eigenvalue weighted by Crippen LogP contribution is -2.40. The van der Waals surface area contributed by atoms with Gasteiger partial charge in [-0.1, -0.05) is 0 Å². The Kier molecular flexibility index (Phi) is 2.10. The van der Waals surface area contributed by atoms with Gasteiger partial charge in [0.2, 0.25) is 0 Å². The Morgan fingerprint density at radius 1 is 1.58 bits per heavy atom. The van der Waals surface area contributed by atoms with E-state index in [4.69, 9.17) is 5.73 Å². The maximum Gasteiger partial charge on any atom is 0.0567 e. The Morgan fingerprint density at radius 2 is 2.33 bits per heavy atom. The summed E-state index contributed by atoms with van der Waals surface area (Å²) in [6, 6.07) is 0.761. The van der Waals surface area contributed by atoms with Crippen molar-refractivity contribution >= 4 is 0 Å². The second-order valence-corrected chi connectivity index (χ2v) is 4.19. The highest BCUT2D eigenvalue weighted by Gasteiger charge is 2.43. The molecule has 0 spiro atoms. The lowest BCUT2D eigenvalue weighted by molar-refractivity contribution is 0.120. The topological polar surface area (TPSA) is 49.5 Å². The minimum Gasteiger partial charge on any atom is -0.393 e. The van der Waals surface area contributed by atoms with Crippen molar-refractivity contribution in [2.45, 2.75) is 38.0 Å². The van der Waals surface area contributed by atoms with Crippen molar-refractivity contribution < 1.29 is 5.11 Å². The average molecular weight is 170 g/mol. The number of fused-ring (bicyclic) bond motifs is 1. The SMILES string of the molecule is CC(O)[C@@H]1CN2CCC[C@@H]2[C@@H]1N. The zero-order valence-electron chi connectivity index (χ0n) is 7.61. The first-order valence-corrected chi connectivity index (χ1v) is 4.88. The molecule has 2 saturated heterocycles. The second kappa shape index (κ2) is 2.98. The molecule has 0 aromatic carbocycles. The Hall–Kier alpha value is -0.120. The zero-order chi connectivity index (χ0) is 8.72. The maximum absolute atomic E-state index is 9.47. The first kappa shape index (κ1) is 8.48. The van der Waals surface area contributed by atoms with E-state index in [2.05, 4.69) is 4.90 Å². The predicted molar refractivity (Wildman–Crippen MR) is 47.7 cm³/mol. The molecule has 0 radical (unpaired) electrons. The minimum atomic E-state index is -0.245. The lowest BCUT2D eigenvalue weighted by Gasteiger charge is -2.20. The highest BCUT2D eigenvalue weighted by molar-refractivity contribution is 5.00. The molecule has 1 unspecified atom stereocenters. The molecule has 3 nitrogen and oxygen atoms in total. The summed E-state index contributed by atoms with van der Waals surface area (Å²) in [7, 11) is 0. The standard InChI is InChI=1S/C9H18N2O/c1-6(12)7-5-11-4-2-3-8(11)9(7)10/h6-9,12H,2-5,10H2,1H3/t6?,7-,8+,9+/m0/s1. The van der Waals surface area contributed by atoms with Crippen LogP contribution in [0.3, 0.4) is 0 Å². The van der Waals surface area contributed by atoms with E-state index >= 15 is 0 Å². The smallest absolute Gasteiger partial charge is 0.0567 e. The van der Waals surface area contributed by atoms with Crippen LogP contribution in [-0.2, 0) is 0 Å². The van der Waals surface area contributed by atoms with Gasteiger partial charge in [-0.05, 0) is 26.3 Å². The molecule has 0 amide bonds. The third-order valence-corrected chi connectivity index (χ3v) is 3.42. The Labute approximate surface area is 73.5 Å². The number of aliphatic hydroxyl groups excluding tert-OH is 1. The molecular weight excluding hydrogens is 152 g/mol. The summed E-state index contributed by atoms with van der Waals surface area (Å²) in [5.74, 6) is 0.301. The molecule has 3 N–H and O–H groups in total. The number of nitrogens with two attached hydrogens (primary N) is 1. The van der Waals surface area contributed by atoms with E-state index in [-0.39, 0.29) is 12.1 Å². The normalized spacial score (nSPS) is 44.8. The highest BCUT2D eigenvalue weighted by atomic mass is 16.3. The molecule has 2 rings (SSSR count). The molecule has 2 aliphatic rings. The third-order valence-electron chi connectivity index (χ3n) is 3.42. The molecule has 2 aliphatic heterocycles. The van der Waals surface area contributed by atoms with Gasteiger partial charge in [0, 0.05) is 24.5 Å². The molecular formula is C9H18N2O.